The van der Waals surface area contributed by atoms with E-state index in [2.05, 4.69) is 0 Å². The first-order chi connectivity index (χ1) is 13.7. The highest BCUT2D eigenvalue weighted by Crippen LogP contribution is 2.30. The van der Waals surface area contributed by atoms with Gasteiger partial charge in [-0.05, 0) is 13.0 Å². The number of ether oxygens (including phenoxy) is 2. The Hall–Kier alpha value is -3.40. The standard InChI is InChI=1S/C24H23NO3/c1-3-28-24(26)23(20-16-10-11-17-21(20)27-2)25-22(18-12-6-4-7-13-18)19-14-8-5-9-15-19/h4-17,23H,3H2,1-2H3. The van der Waals surface area contributed by atoms with Crippen LogP contribution in [-0.4, -0.2) is 25.4 Å². The van der Waals surface area contributed by atoms with Gasteiger partial charge in [-0.1, -0.05) is 78.9 Å². The molecule has 0 heterocycles. The number of nitrogens with zero attached hydrogens (tertiary/aromatic N) is 1. The van der Waals surface area contributed by atoms with Crippen LogP contribution in [0, 0.1) is 0 Å². The van der Waals surface area contributed by atoms with Gasteiger partial charge in [0.2, 0.25) is 0 Å². The van der Waals surface area contributed by atoms with Crippen molar-refractivity contribution in [2.24, 2.45) is 4.99 Å². The van der Waals surface area contributed by atoms with Crippen LogP contribution in [0.3, 0.4) is 0 Å². The first kappa shape index (κ1) is 19.4. The second kappa shape index (κ2) is 9.51. The largest absolute Gasteiger partial charge is 0.496 e. The number of benzene rings is 3. The van der Waals surface area contributed by atoms with Crippen molar-refractivity contribution < 1.29 is 14.3 Å². The Morgan fingerprint density at radius 3 is 1.93 bits per heavy atom. The Kier molecular flexibility index (Phi) is 6.58. The van der Waals surface area contributed by atoms with Crippen molar-refractivity contribution in [3.8, 4) is 5.75 Å². The molecule has 3 aromatic carbocycles. The molecule has 4 nitrogen and oxygen atoms in total. The summed E-state index contributed by atoms with van der Waals surface area (Å²) in [4.78, 5) is 17.7. The number of carbonyl (C=O) groups is 1. The van der Waals surface area contributed by atoms with Crippen molar-refractivity contribution in [1.29, 1.82) is 0 Å². The predicted octanol–water partition coefficient (Wildman–Crippen LogP) is 4.84. The highest BCUT2D eigenvalue weighted by atomic mass is 16.5. The van der Waals surface area contributed by atoms with Gasteiger partial charge < -0.3 is 9.47 Å². The summed E-state index contributed by atoms with van der Waals surface area (Å²) < 4.78 is 10.8. The molecule has 0 N–H and O–H groups in total. The fourth-order valence-electron chi connectivity index (χ4n) is 3.00. The van der Waals surface area contributed by atoms with Crippen molar-refractivity contribution in [2.45, 2.75) is 13.0 Å². The fraction of sp³-hybridized carbons (Fsp3) is 0.167. The second-order valence-corrected chi connectivity index (χ2v) is 6.11. The van der Waals surface area contributed by atoms with Gasteiger partial charge in [-0.3, -0.25) is 4.99 Å². The van der Waals surface area contributed by atoms with Crippen molar-refractivity contribution in [2.75, 3.05) is 13.7 Å². The van der Waals surface area contributed by atoms with E-state index in [-0.39, 0.29) is 6.61 Å². The highest BCUT2D eigenvalue weighted by molar-refractivity contribution is 6.13. The summed E-state index contributed by atoms with van der Waals surface area (Å²) >= 11 is 0. The number of methoxy groups -OCH3 is 1. The van der Waals surface area contributed by atoms with Crippen LogP contribution in [0.25, 0.3) is 0 Å². The van der Waals surface area contributed by atoms with Gasteiger partial charge in [0.1, 0.15) is 5.75 Å². The third kappa shape index (κ3) is 4.46. The zero-order valence-electron chi connectivity index (χ0n) is 16.0. The predicted molar refractivity (Wildman–Crippen MR) is 111 cm³/mol. The van der Waals surface area contributed by atoms with Crippen molar-refractivity contribution in [3.63, 3.8) is 0 Å². The van der Waals surface area contributed by atoms with Gasteiger partial charge in [-0.15, -0.1) is 0 Å². The lowest BCUT2D eigenvalue weighted by atomic mass is 10.0. The topological polar surface area (TPSA) is 47.9 Å². The molecule has 0 saturated carbocycles. The maximum absolute atomic E-state index is 12.8. The molecule has 1 atom stereocenters. The monoisotopic (exact) mass is 373 g/mol. The van der Waals surface area contributed by atoms with E-state index in [1.165, 1.54) is 0 Å². The molecule has 0 fully saturated rings. The molecule has 0 radical (unpaired) electrons. The number of para-hydroxylation sites is 1. The third-order valence-electron chi connectivity index (χ3n) is 4.30. The molecule has 0 spiro atoms. The molecule has 0 amide bonds. The number of esters is 1. The lowest BCUT2D eigenvalue weighted by Crippen LogP contribution is -2.18. The number of aliphatic imine (C=N–C) groups is 1. The van der Waals surface area contributed by atoms with E-state index in [0.717, 1.165) is 16.8 Å². The minimum Gasteiger partial charge on any atom is -0.496 e. The van der Waals surface area contributed by atoms with Crippen molar-refractivity contribution in [1.82, 2.24) is 0 Å². The summed E-state index contributed by atoms with van der Waals surface area (Å²) in [6.07, 6.45) is 0. The summed E-state index contributed by atoms with van der Waals surface area (Å²) in [6, 6.07) is 26.2. The molecule has 3 aromatic rings. The average Bonchev–Trinajstić information content (AvgIpc) is 2.76. The minimum absolute atomic E-state index is 0.284. The fourth-order valence-corrected chi connectivity index (χ4v) is 3.00. The van der Waals surface area contributed by atoms with Gasteiger partial charge in [-0.2, -0.15) is 0 Å². The quantitative estimate of drug-likeness (QED) is 0.440. The van der Waals surface area contributed by atoms with Gasteiger partial charge in [0, 0.05) is 16.7 Å². The van der Waals surface area contributed by atoms with E-state index in [4.69, 9.17) is 14.5 Å². The molecular formula is C24H23NO3. The number of hydrogen-bond donors (Lipinski definition) is 0. The number of hydrogen-bond acceptors (Lipinski definition) is 4. The Bertz CT molecular complexity index is 895. The molecule has 0 aromatic heterocycles. The molecule has 3 rings (SSSR count). The van der Waals surface area contributed by atoms with E-state index in [9.17, 15) is 4.79 Å². The van der Waals surface area contributed by atoms with Gasteiger partial charge in [0.05, 0.1) is 19.4 Å². The number of carbonyl (C=O) groups excluding carboxylic acids is 1. The van der Waals surface area contributed by atoms with Crippen molar-refractivity contribution in [3.05, 3.63) is 102 Å². The number of rotatable bonds is 7. The Morgan fingerprint density at radius 2 is 1.39 bits per heavy atom. The van der Waals surface area contributed by atoms with Crippen LogP contribution in [-0.2, 0) is 9.53 Å². The Balaban J connectivity index is 2.18. The first-order valence-corrected chi connectivity index (χ1v) is 9.22. The second-order valence-electron chi connectivity index (χ2n) is 6.11. The average molecular weight is 373 g/mol. The molecule has 0 aliphatic rings. The van der Waals surface area contributed by atoms with Crippen LogP contribution in [0.5, 0.6) is 5.75 Å². The van der Waals surface area contributed by atoms with Crippen LogP contribution >= 0.6 is 0 Å². The normalized spacial score (nSPS) is 11.4. The molecule has 0 saturated heterocycles. The zero-order chi connectivity index (χ0) is 19.8. The smallest absolute Gasteiger partial charge is 0.335 e. The SMILES string of the molecule is CCOC(=O)C(N=C(c1ccccc1)c1ccccc1)c1ccccc1OC. The molecular weight excluding hydrogens is 350 g/mol. The van der Waals surface area contributed by atoms with Crippen LogP contribution in [0.4, 0.5) is 0 Å². The minimum atomic E-state index is -0.827. The molecule has 0 aliphatic carbocycles. The molecule has 28 heavy (non-hydrogen) atoms. The summed E-state index contributed by atoms with van der Waals surface area (Å²) in [5.74, 6) is 0.195. The maximum atomic E-state index is 12.8. The lowest BCUT2D eigenvalue weighted by molar-refractivity contribution is -0.144. The summed E-state index contributed by atoms with van der Waals surface area (Å²) in [6.45, 7) is 2.07. The molecule has 142 valence electrons. The first-order valence-electron chi connectivity index (χ1n) is 9.22. The molecule has 4 heteroatoms. The van der Waals surface area contributed by atoms with Crippen LogP contribution in [0.2, 0.25) is 0 Å². The van der Waals surface area contributed by atoms with Gasteiger partial charge in [0.25, 0.3) is 0 Å². The Morgan fingerprint density at radius 1 is 0.857 bits per heavy atom. The summed E-state index contributed by atoms with van der Waals surface area (Å²) in [5.41, 5.74) is 3.26. The molecule has 0 bridgehead atoms. The van der Waals surface area contributed by atoms with E-state index >= 15 is 0 Å². The van der Waals surface area contributed by atoms with E-state index in [1.807, 2.05) is 84.9 Å². The molecule has 1 unspecified atom stereocenters. The molecule has 0 aliphatic heterocycles. The van der Waals surface area contributed by atoms with Crippen molar-refractivity contribution >= 4 is 11.7 Å². The van der Waals surface area contributed by atoms with E-state index < -0.39 is 12.0 Å². The van der Waals surface area contributed by atoms with Gasteiger partial charge in [-0.25, -0.2) is 4.79 Å². The maximum Gasteiger partial charge on any atom is 0.335 e. The van der Waals surface area contributed by atoms with E-state index in [0.29, 0.717) is 11.3 Å². The summed E-state index contributed by atoms with van der Waals surface area (Å²) in [7, 11) is 1.58. The van der Waals surface area contributed by atoms with E-state index in [1.54, 1.807) is 14.0 Å². The third-order valence-corrected chi connectivity index (χ3v) is 4.30. The van der Waals surface area contributed by atoms with Crippen LogP contribution < -0.4 is 4.74 Å². The highest BCUT2D eigenvalue weighted by Gasteiger charge is 2.26. The zero-order valence-corrected chi connectivity index (χ0v) is 16.0. The lowest BCUT2D eigenvalue weighted by Gasteiger charge is -2.17. The summed E-state index contributed by atoms with van der Waals surface area (Å²) in [5, 5.41) is 0. The van der Waals surface area contributed by atoms with Gasteiger partial charge >= 0.3 is 5.97 Å². The van der Waals surface area contributed by atoms with Crippen LogP contribution in [0.15, 0.2) is 89.9 Å². The Labute approximate surface area is 165 Å². The van der Waals surface area contributed by atoms with Gasteiger partial charge in [0.15, 0.2) is 6.04 Å². The van der Waals surface area contributed by atoms with Crippen LogP contribution in [0.1, 0.15) is 29.7 Å².